The quantitative estimate of drug-likeness (QED) is 0.326. The van der Waals surface area contributed by atoms with E-state index in [0.717, 1.165) is 89.8 Å². The number of nitrogens with zero attached hydrogens (tertiary/aromatic N) is 2. The first kappa shape index (κ1) is 24.5. The second kappa shape index (κ2) is 10.5. The Hall–Kier alpha value is -1.15. The lowest BCUT2D eigenvalue weighted by Crippen LogP contribution is -2.43. The van der Waals surface area contributed by atoms with Gasteiger partial charge in [-0.1, -0.05) is 27.5 Å². The van der Waals surface area contributed by atoms with E-state index in [1.807, 2.05) is 11.0 Å². The van der Waals surface area contributed by atoms with Gasteiger partial charge in [0.05, 0.1) is 10.4 Å². The van der Waals surface area contributed by atoms with Crippen molar-refractivity contribution in [1.82, 2.24) is 4.90 Å². The van der Waals surface area contributed by atoms with E-state index in [9.17, 15) is 10.0 Å². The normalized spacial score (nSPS) is 21.6. The van der Waals surface area contributed by atoms with Gasteiger partial charge in [0.1, 0.15) is 0 Å². The highest BCUT2D eigenvalue weighted by Crippen LogP contribution is 2.45. The van der Waals surface area contributed by atoms with Crippen LogP contribution < -0.4 is 4.73 Å². The molecule has 3 heterocycles. The Balaban J connectivity index is 1.42. The van der Waals surface area contributed by atoms with Gasteiger partial charge in [-0.15, -0.1) is 0 Å². The van der Waals surface area contributed by atoms with Crippen LogP contribution in [0.1, 0.15) is 60.4 Å². The van der Waals surface area contributed by atoms with E-state index in [2.05, 4.69) is 44.0 Å². The van der Waals surface area contributed by atoms with Gasteiger partial charge in [-0.25, -0.2) is 0 Å². The minimum absolute atomic E-state index is 0.0301. The summed E-state index contributed by atoms with van der Waals surface area (Å²) < 4.78 is 8.27. The second-order valence-corrected chi connectivity index (χ2v) is 12.0. The topological polar surface area (TPSA) is 56.5 Å². The third-order valence-electron chi connectivity index (χ3n) is 7.74. The predicted molar refractivity (Wildman–Crippen MR) is 139 cm³/mol. The lowest BCUT2D eigenvalue weighted by Gasteiger charge is -2.37. The highest BCUT2D eigenvalue weighted by Gasteiger charge is 2.40. The molecule has 0 radical (unpaired) electrons. The number of benzene rings is 1. The molecule has 1 aliphatic carbocycles. The van der Waals surface area contributed by atoms with Crippen LogP contribution in [0.25, 0.3) is 0 Å². The van der Waals surface area contributed by atoms with E-state index in [0.29, 0.717) is 17.4 Å². The lowest BCUT2D eigenvalue weighted by atomic mass is 9.76. The summed E-state index contributed by atoms with van der Waals surface area (Å²) in [6.45, 7) is 3.03. The summed E-state index contributed by atoms with van der Waals surface area (Å²) in [6.07, 6.45) is 7.62. The molecule has 2 saturated heterocycles. The minimum Gasteiger partial charge on any atom is -0.618 e. The number of aryl methyl sites for hydroxylation is 2. The molecule has 1 aromatic carbocycles. The van der Waals surface area contributed by atoms with Crippen molar-refractivity contribution in [3.8, 4) is 0 Å². The van der Waals surface area contributed by atoms with E-state index in [1.165, 1.54) is 11.1 Å². The van der Waals surface area contributed by atoms with E-state index < -0.39 is 0 Å². The Bertz CT molecular complexity index is 1020. The number of ether oxygens (including phenoxy) is 1. The zero-order valence-corrected chi connectivity index (χ0v) is 23.0. The number of halogens is 3. The predicted octanol–water partition coefficient (Wildman–Crippen LogP) is 5.78. The largest absolute Gasteiger partial charge is 0.618 e. The van der Waals surface area contributed by atoms with Crippen LogP contribution in [-0.2, 0) is 22.4 Å². The number of fused-ring (bicyclic) bond motifs is 2. The zero-order valence-electron chi connectivity index (χ0n) is 19.1. The molecule has 2 aromatic rings. The minimum atomic E-state index is -0.0301. The molecule has 0 bridgehead atoms. The van der Waals surface area contributed by atoms with Crippen LogP contribution in [0.5, 0.6) is 0 Å². The first-order chi connectivity index (χ1) is 16.4. The van der Waals surface area contributed by atoms with E-state index in [4.69, 9.17) is 16.3 Å². The monoisotopic (exact) mass is 610 g/mol. The summed E-state index contributed by atoms with van der Waals surface area (Å²) in [4.78, 5) is 15.0. The number of rotatable bonds is 3. The summed E-state index contributed by atoms with van der Waals surface area (Å²) >= 11 is 13.7. The third kappa shape index (κ3) is 5.04. The van der Waals surface area contributed by atoms with Crippen molar-refractivity contribution in [2.45, 2.75) is 50.9 Å². The van der Waals surface area contributed by atoms with Gasteiger partial charge >= 0.3 is 0 Å². The van der Waals surface area contributed by atoms with Gasteiger partial charge < -0.3 is 14.8 Å². The van der Waals surface area contributed by atoms with E-state index >= 15 is 0 Å². The number of hydrogen-bond acceptors (Lipinski definition) is 3. The van der Waals surface area contributed by atoms with Gasteiger partial charge in [0.15, 0.2) is 6.20 Å². The maximum absolute atomic E-state index is 13.2. The molecule has 2 aliphatic heterocycles. The van der Waals surface area contributed by atoms with Crippen LogP contribution in [0, 0.1) is 17.0 Å². The summed E-state index contributed by atoms with van der Waals surface area (Å²) in [6, 6.07) is 6.08. The lowest BCUT2D eigenvalue weighted by molar-refractivity contribution is -0.616. The molecular weight excluding hydrogens is 584 g/mol. The zero-order chi connectivity index (χ0) is 23.8. The Morgan fingerprint density at radius 1 is 1.09 bits per heavy atom. The first-order valence-corrected chi connectivity index (χ1v) is 14.1. The van der Waals surface area contributed by atoms with Crippen molar-refractivity contribution in [1.29, 1.82) is 0 Å². The van der Waals surface area contributed by atoms with Crippen molar-refractivity contribution >= 4 is 49.4 Å². The smallest absolute Gasteiger partial charge is 0.222 e. The molecule has 34 heavy (non-hydrogen) atoms. The fourth-order valence-electron chi connectivity index (χ4n) is 6.00. The summed E-state index contributed by atoms with van der Waals surface area (Å²) in [5, 5.41) is 14.0. The number of likely N-dealkylation sites (tertiary alicyclic amines) is 1. The van der Waals surface area contributed by atoms with E-state index in [1.54, 1.807) is 6.20 Å². The molecule has 0 spiro atoms. The summed E-state index contributed by atoms with van der Waals surface area (Å²) in [5.74, 6) is 0.958. The maximum atomic E-state index is 13.2. The molecule has 0 N–H and O–H groups in total. The molecule has 0 unspecified atom stereocenters. The Morgan fingerprint density at radius 2 is 1.79 bits per heavy atom. The van der Waals surface area contributed by atoms with Crippen LogP contribution in [0.2, 0.25) is 5.02 Å². The molecule has 1 amide bonds. The van der Waals surface area contributed by atoms with Gasteiger partial charge in [-0.3, -0.25) is 4.79 Å². The highest BCUT2D eigenvalue weighted by molar-refractivity contribution is 9.10. The molecule has 0 saturated carbocycles. The fraction of sp³-hybridized carbons (Fsp3) is 0.538. The molecular formula is C26H29Br2ClN2O3. The number of amides is 1. The Labute approximate surface area is 222 Å². The number of piperidine rings is 1. The van der Waals surface area contributed by atoms with Crippen molar-refractivity contribution in [2.75, 3.05) is 26.3 Å². The van der Waals surface area contributed by atoms with Crippen LogP contribution in [-0.4, -0.2) is 37.1 Å². The average molecular weight is 613 g/mol. The van der Waals surface area contributed by atoms with Crippen molar-refractivity contribution in [3.63, 3.8) is 0 Å². The maximum Gasteiger partial charge on any atom is 0.222 e. The van der Waals surface area contributed by atoms with Crippen LogP contribution >= 0.6 is 43.5 Å². The van der Waals surface area contributed by atoms with Crippen molar-refractivity contribution in [3.05, 3.63) is 66.0 Å². The van der Waals surface area contributed by atoms with Crippen molar-refractivity contribution < 1.29 is 14.3 Å². The summed E-state index contributed by atoms with van der Waals surface area (Å²) in [7, 11) is 0. The molecule has 3 aliphatic rings. The molecule has 182 valence electrons. The third-order valence-corrected chi connectivity index (χ3v) is 9.04. The number of carbonyl (C=O) groups excluding carboxylic acids is 1. The SMILES string of the molecule is O=C(CC1CCOCC1)N1CCC([C@@H]2c3c(Br)cc(Cl)cc3CCc3cc(Br)c[n+]([O-])c32)CC1. The number of pyridine rings is 1. The number of hydrogen-bond donors (Lipinski definition) is 0. The van der Waals surface area contributed by atoms with Crippen LogP contribution in [0.3, 0.4) is 0 Å². The van der Waals surface area contributed by atoms with Crippen LogP contribution in [0.4, 0.5) is 0 Å². The number of aromatic nitrogens is 1. The molecule has 8 heteroatoms. The molecule has 1 atom stereocenters. The summed E-state index contributed by atoms with van der Waals surface area (Å²) in [5.41, 5.74) is 4.32. The first-order valence-electron chi connectivity index (χ1n) is 12.2. The van der Waals surface area contributed by atoms with Gasteiger partial charge in [-0.2, -0.15) is 4.73 Å². The van der Waals surface area contributed by atoms with E-state index in [-0.39, 0.29) is 17.7 Å². The molecule has 1 aromatic heterocycles. The van der Waals surface area contributed by atoms with Gasteiger partial charge in [0.2, 0.25) is 11.6 Å². The van der Waals surface area contributed by atoms with Gasteiger partial charge in [0, 0.05) is 47.8 Å². The highest BCUT2D eigenvalue weighted by atomic mass is 79.9. The Morgan fingerprint density at radius 3 is 2.53 bits per heavy atom. The van der Waals surface area contributed by atoms with Crippen LogP contribution in [0.15, 0.2) is 33.3 Å². The van der Waals surface area contributed by atoms with Crippen molar-refractivity contribution in [2.24, 2.45) is 11.8 Å². The molecule has 5 rings (SSSR count). The molecule has 5 nitrogen and oxygen atoms in total. The fourth-order valence-corrected chi connectivity index (χ4v) is 7.59. The Kier molecular flexibility index (Phi) is 7.54. The van der Waals surface area contributed by atoms with Gasteiger partial charge in [-0.05, 0) is 95.6 Å². The van der Waals surface area contributed by atoms with Gasteiger partial charge in [0.25, 0.3) is 0 Å². The standard InChI is InChI=1S/C26H29Br2ClN2O3/c27-20-12-19-2-1-18-13-21(29)14-22(28)24(18)25(26(19)31(33)15-20)17-3-7-30(8-4-17)23(32)11-16-5-9-34-10-6-16/h12-17,25H,1-11H2/t25-/m1/s1. The molecule has 2 fully saturated rings. The number of carbonyl (C=O) groups is 1. The average Bonchev–Trinajstić information content (AvgIpc) is 2.97. The second-order valence-electron chi connectivity index (χ2n) is 9.81.